The van der Waals surface area contributed by atoms with E-state index < -0.39 is 6.36 Å². The Morgan fingerprint density at radius 3 is 2.50 bits per heavy atom. The summed E-state index contributed by atoms with van der Waals surface area (Å²) in [6.07, 6.45) is -1.96. The van der Waals surface area contributed by atoms with Crippen molar-refractivity contribution in [2.75, 3.05) is 5.32 Å². The summed E-state index contributed by atoms with van der Waals surface area (Å²) in [6.45, 7) is 2.63. The number of ether oxygens (including phenoxy) is 1. The number of thiazole rings is 1. The van der Waals surface area contributed by atoms with E-state index in [1.54, 1.807) is 29.7 Å². The largest absolute Gasteiger partial charge is 0.573 e. The molecule has 0 radical (unpaired) electrons. The van der Waals surface area contributed by atoms with Crippen molar-refractivity contribution in [3.8, 4) is 5.75 Å². The molecular formula is C13H13F3N2OS. The summed E-state index contributed by atoms with van der Waals surface area (Å²) < 4.78 is 39.8. The van der Waals surface area contributed by atoms with Gasteiger partial charge in [-0.25, -0.2) is 4.98 Å². The van der Waals surface area contributed by atoms with E-state index in [4.69, 9.17) is 0 Å². The Morgan fingerprint density at radius 2 is 1.95 bits per heavy atom. The number of hydrogen-bond donors (Lipinski definition) is 1. The van der Waals surface area contributed by atoms with Gasteiger partial charge in [0, 0.05) is 16.8 Å². The lowest BCUT2D eigenvalue weighted by Crippen LogP contribution is -2.17. The topological polar surface area (TPSA) is 34.2 Å². The van der Waals surface area contributed by atoms with Crippen molar-refractivity contribution in [1.82, 2.24) is 4.98 Å². The van der Waals surface area contributed by atoms with Gasteiger partial charge in [-0.05, 0) is 30.7 Å². The number of rotatable bonds is 5. The lowest BCUT2D eigenvalue weighted by molar-refractivity contribution is -0.274. The van der Waals surface area contributed by atoms with Crippen molar-refractivity contribution >= 4 is 17.0 Å². The fraction of sp³-hybridized carbons (Fsp3) is 0.308. The van der Waals surface area contributed by atoms with Gasteiger partial charge >= 0.3 is 6.36 Å². The first-order valence-corrected chi connectivity index (χ1v) is 6.81. The van der Waals surface area contributed by atoms with Gasteiger partial charge in [0.1, 0.15) is 5.75 Å². The molecule has 0 spiro atoms. The molecule has 1 heterocycles. The average molecular weight is 302 g/mol. The lowest BCUT2D eigenvalue weighted by Gasteiger charge is -2.09. The first-order valence-electron chi connectivity index (χ1n) is 5.99. The van der Waals surface area contributed by atoms with E-state index in [1.165, 1.54) is 12.1 Å². The smallest absolute Gasteiger partial charge is 0.406 e. The zero-order valence-corrected chi connectivity index (χ0v) is 11.5. The van der Waals surface area contributed by atoms with Crippen molar-refractivity contribution in [2.24, 2.45) is 0 Å². The maximum absolute atomic E-state index is 12.0. The second-order valence-corrected chi connectivity index (χ2v) is 5.20. The summed E-state index contributed by atoms with van der Waals surface area (Å²) >= 11 is 1.62. The van der Waals surface area contributed by atoms with Crippen LogP contribution in [0.1, 0.15) is 16.8 Å². The molecule has 0 saturated heterocycles. The van der Waals surface area contributed by atoms with Gasteiger partial charge in [-0.15, -0.1) is 24.5 Å². The number of anilines is 1. The van der Waals surface area contributed by atoms with Crippen LogP contribution in [0.15, 0.2) is 30.5 Å². The van der Waals surface area contributed by atoms with Crippen LogP contribution in [0.4, 0.5) is 18.9 Å². The molecule has 0 saturated carbocycles. The summed E-state index contributed by atoms with van der Waals surface area (Å²) in [7, 11) is 0. The van der Waals surface area contributed by atoms with Crippen LogP contribution in [-0.2, 0) is 13.0 Å². The van der Waals surface area contributed by atoms with Crippen LogP contribution in [0.3, 0.4) is 0 Å². The van der Waals surface area contributed by atoms with E-state index in [1.807, 2.05) is 6.92 Å². The third-order valence-electron chi connectivity index (χ3n) is 2.46. The number of nitrogens with zero attached hydrogens (tertiary/aromatic N) is 1. The van der Waals surface area contributed by atoms with Crippen molar-refractivity contribution in [3.63, 3.8) is 0 Å². The molecule has 1 aromatic heterocycles. The molecule has 0 aliphatic carbocycles. The number of halogens is 3. The lowest BCUT2D eigenvalue weighted by atomic mass is 10.3. The highest BCUT2D eigenvalue weighted by atomic mass is 32.1. The standard InChI is InChI=1S/C13H13F3N2OS/c1-2-12-18-8-11(20-12)7-17-9-3-5-10(6-4-9)19-13(14,15)16/h3-6,8,17H,2,7H2,1H3. The second-order valence-electron chi connectivity index (χ2n) is 4.00. The minimum atomic E-state index is -4.66. The highest BCUT2D eigenvalue weighted by Gasteiger charge is 2.30. The van der Waals surface area contributed by atoms with E-state index >= 15 is 0 Å². The quantitative estimate of drug-likeness (QED) is 0.898. The predicted molar refractivity (Wildman–Crippen MR) is 71.9 cm³/mol. The first-order chi connectivity index (χ1) is 9.46. The third-order valence-corrected chi connectivity index (χ3v) is 3.60. The summed E-state index contributed by atoms with van der Waals surface area (Å²) in [5.41, 5.74) is 0.728. The van der Waals surface area contributed by atoms with Crippen LogP contribution in [0.25, 0.3) is 0 Å². The van der Waals surface area contributed by atoms with Crippen LogP contribution >= 0.6 is 11.3 Å². The van der Waals surface area contributed by atoms with E-state index in [0.29, 0.717) is 6.54 Å². The molecule has 0 aliphatic heterocycles. The molecule has 0 aliphatic rings. The zero-order valence-electron chi connectivity index (χ0n) is 10.7. The van der Waals surface area contributed by atoms with Crippen molar-refractivity contribution in [1.29, 1.82) is 0 Å². The Hall–Kier alpha value is -1.76. The van der Waals surface area contributed by atoms with Gasteiger partial charge in [0.05, 0.1) is 11.6 Å². The number of nitrogens with one attached hydrogen (secondary N) is 1. The Balaban J connectivity index is 1.90. The average Bonchev–Trinajstić information content (AvgIpc) is 2.84. The molecule has 1 aromatic carbocycles. The monoisotopic (exact) mass is 302 g/mol. The Bertz CT molecular complexity index is 551. The maximum Gasteiger partial charge on any atom is 0.573 e. The van der Waals surface area contributed by atoms with E-state index in [2.05, 4.69) is 15.0 Å². The zero-order chi connectivity index (χ0) is 14.6. The summed E-state index contributed by atoms with van der Waals surface area (Å²) in [5, 5.41) is 4.19. The van der Waals surface area contributed by atoms with Crippen LogP contribution < -0.4 is 10.1 Å². The summed E-state index contributed by atoms with van der Waals surface area (Å²) in [5.74, 6) is -0.228. The maximum atomic E-state index is 12.0. The molecule has 0 amide bonds. The Labute approximate surface area is 118 Å². The summed E-state index contributed by atoms with van der Waals surface area (Å²) in [6, 6.07) is 5.64. The molecule has 3 nitrogen and oxygen atoms in total. The van der Waals surface area contributed by atoms with Gasteiger partial charge in [0.15, 0.2) is 0 Å². The van der Waals surface area contributed by atoms with Gasteiger partial charge in [0.25, 0.3) is 0 Å². The molecule has 0 unspecified atom stereocenters. The third kappa shape index (κ3) is 4.41. The number of aryl methyl sites for hydroxylation is 1. The Kier molecular flexibility index (Phi) is 4.49. The first kappa shape index (κ1) is 14.6. The van der Waals surface area contributed by atoms with Crippen molar-refractivity contribution < 1.29 is 17.9 Å². The van der Waals surface area contributed by atoms with Gasteiger partial charge in [-0.1, -0.05) is 6.92 Å². The minimum Gasteiger partial charge on any atom is -0.406 e. The highest BCUT2D eigenvalue weighted by Crippen LogP contribution is 2.24. The second kappa shape index (κ2) is 6.13. The van der Waals surface area contributed by atoms with Crippen molar-refractivity contribution in [2.45, 2.75) is 26.3 Å². The molecule has 0 fully saturated rings. The van der Waals surface area contributed by atoms with Crippen LogP contribution in [0, 0.1) is 0 Å². The normalized spacial score (nSPS) is 11.4. The molecule has 1 N–H and O–H groups in total. The van der Waals surface area contributed by atoms with E-state index in [-0.39, 0.29) is 5.75 Å². The molecule has 0 bridgehead atoms. The Morgan fingerprint density at radius 1 is 1.25 bits per heavy atom. The molecule has 20 heavy (non-hydrogen) atoms. The van der Waals surface area contributed by atoms with E-state index in [9.17, 15) is 13.2 Å². The van der Waals surface area contributed by atoms with Gasteiger partial charge in [-0.3, -0.25) is 0 Å². The fourth-order valence-electron chi connectivity index (χ4n) is 1.56. The number of benzene rings is 1. The summed E-state index contributed by atoms with van der Waals surface area (Å²) in [4.78, 5) is 5.32. The highest BCUT2D eigenvalue weighted by molar-refractivity contribution is 7.11. The van der Waals surface area contributed by atoms with Crippen molar-refractivity contribution in [3.05, 3.63) is 40.3 Å². The number of aromatic nitrogens is 1. The van der Waals surface area contributed by atoms with Crippen LogP contribution in [-0.4, -0.2) is 11.3 Å². The molecule has 108 valence electrons. The minimum absolute atomic E-state index is 0.228. The van der Waals surface area contributed by atoms with Gasteiger partial charge in [-0.2, -0.15) is 0 Å². The molecule has 2 rings (SSSR count). The molecule has 2 aromatic rings. The van der Waals surface area contributed by atoms with Crippen LogP contribution in [0.5, 0.6) is 5.75 Å². The van der Waals surface area contributed by atoms with Crippen LogP contribution in [0.2, 0.25) is 0 Å². The molecule has 0 atom stereocenters. The fourth-order valence-corrected chi connectivity index (χ4v) is 2.36. The van der Waals surface area contributed by atoms with Gasteiger partial charge < -0.3 is 10.1 Å². The van der Waals surface area contributed by atoms with E-state index in [0.717, 1.165) is 22.0 Å². The molecule has 7 heteroatoms. The van der Waals surface area contributed by atoms with Gasteiger partial charge in [0.2, 0.25) is 0 Å². The SMILES string of the molecule is CCc1ncc(CNc2ccc(OC(F)(F)F)cc2)s1. The predicted octanol–water partition coefficient (Wildman–Crippen LogP) is 4.22. The number of alkyl halides is 3. The molecular weight excluding hydrogens is 289 g/mol. The number of hydrogen-bond acceptors (Lipinski definition) is 4.